The van der Waals surface area contributed by atoms with Crippen LogP contribution in [0.15, 0.2) is 41.4 Å². The van der Waals surface area contributed by atoms with Crippen LogP contribution < -0.4 is 5.32 Å². The van der Waals surface area contributed by atoms with Crippen LogP contribution in [0.1, 0.15) is 31.0 Å². The number of thioether (sulfide) groups is 1. The van der Waals surface area contributed by atoms with Crippen LogP contribution in [-0.4, -0.2) is 16.6 Å². The second-order valence-electron chi connectivity index (χ2n) is 5.14. The van der Waals surface area contributed by atoms with Crippen LogP contribution in [0, 0.1) is 11.3 Å². The minimum absolute atomic E-state index is 0.112. The average molecular weight is 360 g/mol. The molecule has 0 bridgehead atoms. The minimum Gasteiger partial charge on any atom is -0.325 e. The Balaban J connectivity index is 1.91. The zero-order valence-electron chi connectivity index (χ0n) is 13.4. The van der Waals surface area contributed by atoms with Gasteiger partial charge in [0.25, 0.3) is 0 Å². The predicted molar refractivity (Wildman–Crippen MR) is 98.4 cm³/mol. The number of hydrogen-bond donors (Lipinski definition) is 1. The van der Waals surface area contributed by atoms with Gasteiger partial charge >= 0.3 is 0 Å². The summed E-state index contributed by atoms with van der Waals surface area (Å²) in [7, 11) is 0. The number of anilines is 1. The van der Waals surface area contributed by atoms with E-state index in [1.165, 1.54) is 11.8 Å². The number of carbonyl (C=O) groups excluding carboxylic acids is 1. The van der Waals surface area contributed by atoms with Gasteiger partial charge in [-0.2, -0.15) is 5.26 Å². The number of rotatable bonds is 7. The maximum Gasteiger partial charge on any atom is 0.225 e. The Labute approximate surface area is 151 Å². The van der Waals surface area contributed by atoms with E-state index in [0.29, 0.717) is 33.5 Å². The van der Waals surface area contributed by atoms with Crippen LogP contribution in [-0.2, 0) is 11.2 Å². The molecular weight excluding hydrogens is 342 g/mol. The molecule has 124 valence electrons. The third-order valence-corrected chi connectivity index (χ3v) is 4.58. The molecular formula is C18H18ClN3OS. The molecule has 1 aromatic heterocycles. The molecule has 0 aliphatic rings. The summed E-state index contributed by atoms with van der Waals surface area (Å²) < 4.78 is 0. The van der Waals surface area contributed by atoms with E-state index in [1.807, 2.05) is 18.2 Å². The number of carbonyl (C=O) groups is 1. The first-order chi connectivity index (χ1) is 11.6. The smallest absolute Gasteiger partial charge is 0.225 e. The molecule has 24 heavy (non-hydrogen) atoms. The first kappa shape index (κ1) is 18.3. The monoisotopic (exact) mass is 359 g/mol. The van der Waals surface area contributed by atoms with E-state index in [9.17, 15) is 10.1 Å². The van der Waals surface area contributed by atoms with Gasteiger partial charge in [0.2, 0.25) is 5.91 Å². The van der Waals surface area contributed by atoms with Gasteiger partial charge in [-0.25, -0.2) is 4.98 Å². The standard InChI is InChI=1S/C18H18ClN3OS/c1-2-5-14-9-8-13(12-20)18(21-14)24-11-10-17(23)22-16-7-4-3-6-15(16)19/h3-4,6-9H,2,5,10-11H2,1H3,(H,22,23). The highest BCUT2D eigenvalue weighted by Crippen LogP contribution is 2.23. The number of nitriles is 1. The van der Waals surface area contributed by atoms with Gasteiger partial charge in [0.05, 0.1) is 16.3 Å². The number of nitrogens with zero attached hydrogens (tertiary/aromatic N) is 2. The van der Waals surface area contributed by atoms with Gasteiger partial charge < -0.3 is 5.32 Å². The second-order valence-corrected chi connectivity index (χ2v) is 6.63. The van der Waals surface area contributed by atoms with Gasteiger partial charge in [0.15, 0.2) is 0 Å². The summed E-state index contributed by atoms with van der Waals surface area (Å²) in [6, 6.07) is 13.0. The summed E-state index contributed by atoms with van der Waals surface area (Å²) in [4.78, 5) is 16.5. The third-order valence-electron chi connectivity index (χ3n) is 3.26. The van der Waals surface area contributed by atoms with Crippen LogP contribution in [0.2, 0.25) is 5.02 Å². The SMILES string of the molecule is CCCc1ccc(C#N)c(SCCC(=O)Nc2ccccc2Cl)n1. The third kappa shape index (κ3) is 5.26. The highest BCUT2D eigenvalue weighted by Gasteiger charge is 2.09. The normalized spacial score (nSPS) is 10.2. The molecule has 1 aromatic carbocycles. The molecule has 0 unspecified atom stereocenters. The molecule has 1 N–H and O–H groups in total. The molecule has 0 atom stereocenters. The van der Waals surface area contributed by atoms with Crippen LogP contribution in [0.4, 0.5) is 5.69 Å². The van der Waals surface area contributed by atoms with E-state index < -0.39 is 0 Å². The summed E-state index contributed by atoms with van der Waals surface area (Å²) >= 11 is 7.45. The molecule has 0 aliphatic heterocycles. The topological polar surface area (TPSA) is 65.8 Å². The lowest BCUT2D eigenvalue weighted by atomic mass is 10.2. The van der Waals surface area contributed by atoms with Gasteiger partial charge in [0, 0.05) is 17.9 Å². The molecule has 2 aromatic rings. The van der Waals surface area contributed by atoms with Crippen molar-refractivity contribution in [1.29, 1.82) is 5.26 Å². The lowest BCUT2D eigenvalue weighted by Gasteiger charge is -2.08. The van der Waals surface area contributed by atoms with Gasteiger partial charge in [-0.05, 0) is 30.7 Å². The molecule has 4 nitrogen and oxygen atoms in total. The second kappa shape index (κ2) is 9.31. The first-order valence-corrected chi connectivity index (χ1v) is 9.07. The number of amides is 1. The predicted octanol–water partition coefficient (Wildman–Crippen LogP) is 4.68. The fourth-order valence-corrected chi connectivity index (χ4v) is 3.20. The van der Waals surface area contributed by atoms with E-state index in [1.54, 1.807) is 18.2 Å². The summed E-state index contributed by atoms with van der Waals surface area (Å²) in [5, 5.41) is 13.2. The van der Waals surface area contributed by atoms with E-state index in [4.69, 9.17) is 11.6 Å². The van der Waals surface area contributed by atoms with Gasteiger partial charge in [-0.3, -0.25) is 4.79 Å². The number of para-hydroxylation sites is 1. The van der Waals surface area contributed by atoms with E-state index >= 15 is 0 Å². The van der Waals surface area contributed by atoms with Gasteiger partial charge in [-0.15, -0.1) is 11.8 Å². The lowest BCUT2D eigenvalue weighted by Crippen LogP contribution is -2.12. The van der Waals surface area contributed by atoms with Crippen molar-refractivity contribution in [2.45, 2.75) is 31.2 Å². The molecule has 1 heterocycles. The number of nitrogens with one attached hydrogen (secondary N) is 1. The minimum atomic E-state index is -0.112. The van der Waals surface area contributed by atoms with E-state index in [-0.39, 0.29) is 5.91 Å². The number of aromatic nitrogens is 1. The zero-order chi connectivity index (χ0) is 17.4. The molecule has 0 fully saturated rings. The number of benzene rings is 1. The van der Waals surface area contributed by atoms with Crippen molar-refractivity contribution in [1.82, 2.24) is 4.98 Å². The van der Waals surface area contributed by atoms with Crippen molar-refractivity contribution in [3.8, 4) is 6.07 Å². The molecule has 0 saturated carbocycles. The summed E-state index contributed by atoms with van der Waals surface area (Å²) in [5.41, 5.74) is 2.13. The van der Waals surface area contributed by atoms with E-state index in [2.05, 4.69) is 23.3 Å². The average Bonchev–Trinajstić information content (AvgIpc) is 2.57. The van der Waals surface area contributed by atoms with Crippen LogP contribution >= 0.6 is 23.4 Å². The highest BCUT2D eigenvalue weighted by atomic mass is 35.5. The number of halogens is 1. The molecule has 0 spiro atoms. The Bertz CT molecular complexity index is 758. The summed E-state index contributed by atoms with van der Waals surface area (Å²) in [5.74, 6) is 0.437. The largest absolute Gasteiger partial charge is 0.325 e. The quantitative estimate of drug-likeness (QED) is 0.729. The molecule has 2 rings (SSSR count). The molecule has 0 radical (unpaired) electrons. The number of aryl methyl sites for hydroxylation is 1. The van der Waals surface area contributed by atoms with Crippen molar-refractivity contribution >= 4 is 35.0 Å². The van der Waals surface area contributed by atoms with E-state index in [0.717, 1.165) is 18.5 Å². The van der Waals surface area contributed by atoms with Crippen molar-refractivity contribution in [2.24, 2.45) is 0 Å². The molecule has 0 saturated heterocycles. The molecule has 1 amide bonds. The zero-order valence-corrected chi connectivity index (χ0v) is 15.0. The van der Waals surface area contributed by atoms with Crippen molar-refractivity contribution in [2.75, 3.05) is 11.1 Å². The van der Waals surface area contributed by atoms with Gasteiger partial charge in [-0.1, -0.05) is 37.1 Å². The molecule has 0 aliphatic carbocycles. The Morgan fingerprint density at radius 2 is 2.12 bits per heavy atom. The number of hydrogen-bond acceptors (Lipinski definition) is 4. The maximum absolute atomic E-state index is 12.0. The summed E-state index contributed by atoms with van der Waals surface area (Å²) in [6.07, 6.45) is 2.20. The fraction of sp³-hybridized carbons (Fsp3) is 0.278. The van der Waals surface area contributed by atoms with Crippen molar-refractivity contribution < 1.29 is 4.79 Å². The molecule has 6 heteroatoms. The summed E-state index contributed by atoms with van der Waals surface area (Å²) in [6.45, 7) is 2.09. The maximum atomic E-state index is 12.0. The highest BCUT2D eigenvalue weighted by molar-refractivity contribution is 7.99. The first-order valence-electron chi connectivity index (χ1n) is 7.71. The van der Waals surface area contributed by atoms with Crippen LogP contribution in [0.3, 0.4) is 0 Å². The lowest BCUT2D eigenvalue weighted by molar-refractivity contribution is -0.115. The van der Waals surface area contributed by atoms with Crippen molar-refractivity contribution in [3.63, 3.8) is 0 Å². The van der Waals surface area contributed by atoms with Gasteiger partial charge in [0.1, 0.15) is 11.1 Å². The Morgan fingerprint density at radius 1 is 1.33 bits per heavy atom. The fourth-order valence-electron chi connectivity index (χ4n) is 2.08. The Morgan fingerprint density at radius 3 is 2.83 bits per heavy atom. The number of pyridine rings is 1. The van der Waals surface area contributed by atoms with Crippen LogP contribution in [0.25, 0.3) is 0 Å². The Hall–Kier alpha value is -2.03. The van der Waals surface area contributed by atoms with Crippen LogP contribution in [0.5, 0.6) is 0 Å². The van der Waals surface area contributed by atoms with Crippen molar-refractivity contribution in [3.05, 3.63) is 52.7 Å². The Kier molecular flexibility index (Phi) is 7.10.